The van der Waals surface area contributed by atoms with E-state index in [1.807, 2.05) is 18.2 Å². The van der Waals surface area contributed by atoms with Gasteiger partial charge < -0.3 is 19.1 Å². The van der Waals surface area contributed by atoms with Crippen LogP contribution >= 0.6 is 12.4 Å². The molecule has 0 saturated carbocycles. The standard InChI is InChI=1S/C17H25NO4.ClH/c1-20-15(13-18-11-7-8-12-18)17(21-2,22-3)16(19)14-9-5-4-6-10-14;/h4-6,9-10,15H,7-8,11-13H2,1-3H3;1H. The van der Waals surface area contributed by atoms with Gasteiger partial charge in [-0.15, -0.1) is 12.4 Å². The summed E-state index contributed by atoms with van der Waals surface area (Å²) in [5.41, 5.74) is 0.551. The van der Waals surface area contributed by atoms with Crippen LogP contribution in [0.15, 0.2) is 30.3 Å². The second-order valence-electron chi connectivity index (χ2n) is 5.50. The van der Waals surface area contributed by atoms with Crippen LogP contribution in [0, 0.1) is 0 Å². The highest BCUT2D eigenvalue weighted by atomic mass is 35.5. The highest BCUT2D eigenvalue weighted by molar-refractivity contribution is 6.02. The van der Waals surface area contributed by atoms with Crippen molar-refractivity contribution in [3.8, 4) is 0 Å². The Balaban J connectivity index is 0.00000264. The van der Waals surface area contributed by atoms with E-state index in [0.29, 0.717) is 12.1 Å². The molecule has 1 aliphatic rings. The zero-order chi connectivity index (χ0) is 16.0. The van der Waals surface area contributed by atoms with Crippen LogP contribution in [0.1, 0.15) is 23.2 Å². The molecule has 0 aromatic heterocycles. The van der Waals surface area contributed by atoms with Crippen molar-refractivity contribution in [2.75, 3.05) is 41.0 Å². The van der Waals surface area contributed by atoms with Crippen molar-refractivity contribution in [1.82, 2.24) is 4.90 Å². The van der Waals surface area contributed by atoms with E-state index in [-0.39, 0.29) is 18.2 Å². The van der Waals surface area contributed by atoms with Crippen molar-refractivity contribution >= 4 is 18.2 Å². The van der Waals surface area contributed by atoms with Crippen molar-refractivity contribution in [3.63, 3.8) is 0 Å². The van der Waals surface area contributed by atoms with Crippen LogP contribution < -0.4 is 0 Å². The molecule has 1 saturated heterocycles. The molecule has 1 aliphatic heterocycles. The average Bonchev–Trinajstić information content (AvgIpc) is 3.09. The molecule has 1 heterocycles. The SMILES string of the molecule is COC(CN1CCCC1)C(OC)(OC)C(=O)c1ccccc1.Cl. The van der Waals surface area contributed by atoms with E-state index < -0.39 is 11.9 Å². The summed E-state index contributed by atoms with van der Waals surface area (Å²) in [5, 5.41) is 0. The number of nitrogens with zero attached hydrogens (tertiary/aromatic N) is 1. The number of carbonyl (C=O) groups is 1. The molecule has 1 aromatic carbocycles. The van der Waals surface area contributed by atoms with Crippen LogP contribution in [-0.2, 0) is 14.2 Å². The summed E-state index contributed by atoms with van der Waals surface area (Å²) < 4.78 is 16.7. The number of Topliss-reactive ketones (excluding diaryl/α,β-unsaturated/α-hetero) is 1. The van der Waals surface area contributed by atoms with Gasteiger partial charge in [-0.3, -0.25) is 4.79 Å². The van der Waals surface area contributed by atoms with Crippen LogP contribution in [0.3, 0.4) is 0 Å². The number of hydrogen-bond acceptors (Lipinski definition) is 5. The first-order valence-corrected chi connectivity index (χ1v) is 7.63. The molecule has 0 N–H and O–H groups in total. The van der Waals surface area contributed by atoms with Crippen molar-refractivity contribution in [3.05, 3.63) is 35.9 Å². The Morgan fingerprint density at radius 2 is 1.70 bits per heavy atom. The van der Waals surface area contributed by atoms with Gasteiger partial charge in [-0.2, -0.15) is 0 Å². The Kier molecular flexibility index (Phi) is 8.16. The van der Waals surface area contributed by atoms with Crippen molar-refractivity contribution in [2.24, 2.45) is 0 Å². The number of likely N-dealkylation sites (tertiary alicyclic amines) is 1. The number of methoxy groups -OCH3 is 3. The first kappa shape index (κ1) is 20.1. The minimum absolute atomic E-state index is 0. The maximum Gasteiger partial charge on any atom is 0.261 e. The van der Waals surface area contributed by atoms with Gasteiger partial charge in [0.2, 0.25) is 5.78 Å². The fraction of sp³-hybridized carbons (Fsp3) is 0.588. The number of carbonyl (C=O) groups excluding carboxylic acids is 1. The van der Waals surface area contributed by atoms with Gasteiger partial charge in [0.25, 0.3) is 5.79 Å². The third-order valence-electron chi connectivity index (χ3n) is 4.29. The lowest BCUT2D eigenvalue weighted by atomic mass is 9.97. The monoisotopic (exact) mass is 343 g/mol. The molecule has 0 aliphatic carbocycles. The molecular weight excluding hydrogens is 318 g/mol. The molecule has 0 spiro atoms. The maximum atomic E-state index is 13.0. The minimum atomic E-state index is -1.43. The molecule has 2 rings (SSSR count). The van der Waals surface area contributed by atoms with Gasteiger partial charge in [0.1, 0.15) is 6.10 Å². The molecule has 1 fully saturated rings. The highest BCUT2D eigenvalue weighted by Gasteiger charge is 2.48. The maximum absolute atomic E-state index is 13.0. The number of benzene rings is 1. The second-order valence-corrected chi connectivity index (χ2v) is 5.50. The molecule has 1 aromatic rings. The predicted octanol–water partition coefficient (Wildman–Crippen LogP) is 2.39. The highest BCUT2D eigenvalue weighted by Crippen LogP contribution is 2.26. The summed E-state index contributed by atoms with van der Waals surface area (Å²) in [5.74, 6) is -1.65. The number of ether oxygens (including phenoxy) is 3. The Morgan fingerprint density at radius 3 is 2.17 bits per heavy atom. The summed E-state index contributed by atoms with van der Waals surface area (Å²) in [6.45, 7) is 2.64. The van der Waals surface area contributed by atoms with Gasteiger partial charge in [0.15, 0.2) is 0 Å². The lowest BCUT2D eigenvalue weighted by Crippen LogP contribution is -2.57. The quantitative estimate of drug-likeness (QED) is 0.536. The van der Waals surface area contributed by atoms with E-state index in [1.54, 1.807) is 19.2 Å². The summed E-state index contributed by atoms with van der Waals surface area (Å²) >= 11 is 0. The summed E-state index contributed by atoms with van der Waals surface area (Å²) in [6.07, 6.45) is 1.86. The lowest BCUT2D eigenvalue weighted by molar-refractivity contribution is -0.231. The van der Waals surface area contributed by atoms with Crippen molar-refractivity contribution in [2.45, 2.75) is 24.7 Å². The third-order valence-corrected chi connectivity index (χ3v) is 4.29. The molecule has 1 atom stereocenters. The number of halogens is 1. The van der Waals surface area contributed by atoms with Gasteiger partial charge in [0, 0.05) is 33.4 Å². The predicted molar refractivity (Wildman–Crippen MR) is 91.2 cm³/mol. The van der Waals surface area contributed by atoms with Gasteiger partial charge in [-0.05, 0) is 25.9 Å². The molecule has 6 heteroatoms. The summed E-state index contributed by atoms with van der Waals surface area (Å²) in [7, 11) is 4.56. The van der Waals surface area contributed by atoms with Crippen molar-refractivity contribution in [1.29, 1.82) is 0 Å². The van der Waals surface area contributed by atoms with Crippen LogP contribution in [0.4, 0.5) is 0 Å². The minimum Gasteiger partial charge on any atom is -0.374 e. The van der Waals surface area contributed by atoms with E-state index in [9.17, 15) is 4.79 Å². The van der Waals surface area contributed by atoms with Gasteiger partial charge in [0.05, 0.1) is 0 Å². The Morgan fingerprint density at radius 1 is 1.13 bits per heavy atom. The van der Waals surface area contributed by atoms with Crippen LogP contribution in [0.25, 0.3) is 0 Å². The van der Waals surface area contributed by atoms with E-state index >= 15 is 0 Å². The molecule has 23 heavy (non-hydrogen) atoms. The first-order chi connectivity index (χ1) is 10.7. The lowest BCUT2D eigenvalue weighted by Gasteiger charge is -2.37. The molecule has 130 valence electrons. The summed E-state index contributed by atoms with van der Waals surface area (Å²) in [6, 6.07) is 9.04. The second kappa shape index (κ2) is 9.35. The average molecular weight is 344 g/mol. The van der Waals surface area contributed by atoms with Crippen molar-refractivity contribution < 1.29 is 19.0 Å². The molecule has 1 unspecified atom stereocenters. The fourth-order valence-corrected chi connectivity index (χ4v) is 3.02. The largest absolute Gasteiger partial charge is 0.374 e. The third kappa shape index (κ3) is 4.31. The molecule has 0 amide bonds. The molecule has 0 radical (unpaired) electrons. The van der Waals surface area contributed by atoms with Gasteiger partial charge >= 0.3 is 0 Å². The van der Waals surface area contributed by atoms with Crippen LogP contribution in [-0.4, -0.2) is 63.5 Å². The number of hydrogen-bond donors (Lipinski definition) is 0. The molecule has 0 bridgehead atoms. The topological polar surface area (TPSA) is 48.0 Å². The van der Waals surface area contributed by atoms with E-state index in [2.05, 4.69) is 4.90 Å². The van der Waals surface area contributed by atoms with E-state index in [4.69, 9.17) is 14.2 Å². The molecular formula is C17H26ClNO4. The zero-order valence-corrected chi connectivity index (χ0v) is 14.8. The summed E-state index contributed by atoms with van der Waals surface area (Å²) in [4.78, 5) is 15.2. The first-order valence-electron chi connectivity index (χ1n) is 7.63. The Labute approximate surface area is 144 Å². The Hall–Kier alpha value is -0.980. The molecule has 5 nitrogen and oxygen atoms in total. The Bertz CT molecular complexity index is 473. The zero-order valence-electron chi connectivity index (χ0n) is 14.0. The van der Waals surface area contributed by atoms with Gasteiger partial charge in [-0.25, -0.2) is 0 Å². The van der Waals surface area contributed by atoms with Crippen LogP contribution in [0.2, 0.25) is 0 Å². The van der Waals surface area contributed by atoms with E-state index in [1.165, 1.54) is 27.1 Å². The van der Waals surface area contributed by atoms with E-state index in [0.717, 1.165) is 13.1 Å². The number of ketones is 1. The fourth-order valence-electron chi connectivity index (χ4n) is 3.02. The normalized spacial score (nSPS) is 16.8. The smallest absolute Gasteiger partial charge is 0.261 e. The number of rotatable bonds is 8. The van der Waals surface area contributed by atoms with Crippen LogP contribution in [0.5, 0.6) is 0 Å². The van der Waals surface area contributed by atoms with Gasteiger partial charge in [-0.1, -0.05) is 30.3 Å².